The highest BCUT2D eigenvalue weighted by molar-refractivity contribution is 6.43. The Labute approximate surface area is 237 Å². The van der Waals surface area contributed by atoms with Gasteiger partial charge in [0, 0.05) is 30.4 Å². The number of carbonyl (C=O) groups is 2. The number of alkyl halides is 2. The number of halogens is 2. The first-order chi connectivity index (χ1) is 19.2. The largest absolute Gasteiger partial charge is 0.475 e. The molecular weight excluding hydrogens is 537 g/mol. The Bertz CT molecular complexity index is 1360. The van der Waals surface area contributed by atoms with Crippen molar-refractivity contribution in [3.05, 3.63) is 47.7 Å². The Morgan fingerprint density at radius 2 is 2.02 bits per heavy atom. The fourth-order valence-electron chi connectivity index (χ4n) is 5.55. The zero-order valence-electron chi connectivity index (χ0n) is 23.4. The lowest BCUT2D eigenvalue weighted by atomic mass is 9.76. The average Bonchev–Trinajstić information content (AvgIpc) is 3.62. The monoisotopic (exact) mass is 572 g/mol. The van der Waals surface area contributed by atoms with E-state index < -0.39 is 48.6 Å². The second-order valence-electron chi connectivity index (χ2n) is 11.6. The molecular formula is C28H35BF2N4O6. The van der Waals surface area contributed by atoms with Gasteiger partial charge in [-0.25, -0.2) is 13.6 Å². The molecule has 1 aromatic carbocycles. The first-order valence-electron chi connectivity index (χ1n) is 13.6. The molecule has 41 heavy (non-hydrogen) atoms. The van der Waals surface area contributed by atoms with Crippen molar-refractivity contribution in [3.8, 4) is 6.07 Å². The van der Waals surface area contributed by atoms with Gasteiger partial charge in [0.1, 0.15) is 23.8 Å². The summed E-state index contributed by atoms with van der Waals surface area (Å²) in [4.78, 5) is 29.2. The lowest BCUT2D eigenvalue weighted by molar-refractivity contribution is -0.131. The predicted molar refractivity (Wildman–Crippen MR) is 147 cm³/mol. The van der Waals surface area contributed by atoms with Gasteiger partial charge < -0.3 is 29.4 Å². The number of rotatable bonds is 9. The number of hydrogen-bond acceptors (Lipinski definition) is 8. The molecule has 0 spiro atoms. The first kappa shape index (κ1) is 30.5. The van der Waals surface area contributed by atoms with Gasteiger partial charge in [-0.3, -0.25) is 9.69 Å². The number of fused-ring (bicyclic) bond motifs is 1. The molecule has 220 valence electrons. The van der Waals surface area contributed by atoms with E-state index in [9.17, 15) is 33.7 Å². The van der Waals surface area contributed by atoms with Gasteiger partial charge in [0.15, 0.2) is 0 Å². The van der Waals surface area contributed by atoms with Crippen LogP contribution in [0.3, 0.4) is 0 Å². The van der Waals surface area contributed by atoms with Gasteiger partial charge in [0.25, 0.3) is 11.8 Å². The van der Waals surface area contributed by atoms with Crippen molar-refractivity contribution in [3.63, 3.8) is 0 Å². The van der Waals surface area contributed by atoms with Crippen molar-refractivity contribution in [1.29, 1.82) is 5.26 Å². The van der Waals surface area contributed by atoms with Gasteiger partial charge in [-0.1, -0.05) is 18.2 Å². The lowest BCUT2D eigenvalue weighted by Gasteiger charge is -2.36. The molecule has 13 heteroatoms. The Hall–Kier alpha value is -3.47. The van der Waals surface area contributed by atoms with Crippen LogP contribution in [0.25, 0.3) is 11.0 Å². The summed E-state index contributed by atoms with van der Waals surface area (Å²) in [5.41, 5.74) is -0.743. The van der Waals surface area contributed by atoms with E-state index in [1.165, 1.54) is 17.2 Å². The van der Waals surface area contributed by atoms with Gasteiger partial charge in [-0.2, -0.15) is 5.26 Å². The highest BCUT2D eigenvalue weighted by Gasteiger charge is 2.45. The van der Waals surface area contributed by atoms with Gasteiger partial charge in [0.2, 0.25) is 0 Å². The first-order valence-corrected chi connectivity index (χ1v) is 13.6. The molecule has 2 aromatic rings. The summed E-state index contributed by atoms with van der Waals surface area (Å²) in [6.45, 7) is 4.94. The van der Waals surface area contributed by atoms with Crippen LogP contribution in [0.15, 0.2) is 46.6 Å². The van der Waals surface area contributed by atoms with E-state index in [2.05, 4.69) is 5.32 Å². The number of para-hydroxylation sites is 1. The van der Waals surface area contributed by atoms with Crippen LogP contribution >= 0.6 is 0 Å². The topological polar surface area (TPSA) is 139 Å². The van der Waals surface area contributed by atoms with E-state index in [0.717, 1.165) is 5.39 Å². The summed E-state index contributed by atoms with van der Waals surface area (Å²) in [5.74, 6) is -4.47. The van der Waals surface area contributed by atoms with Crippen LogP contribution in [0.1, 0.15) is 45.6 Å². The summed E-state index contributed by atoms with van der Waals surface area (Å²) in [6.07, 6.45) is 2.92. The maximum Gasteiger partial charge on any atom is 0.475 e. The summed E-state index contributed by atoms with van der Waals surface area (Å²) in [6, 6.07) is 9.16. The fraction of sp³-hybridized carbons (Fsp3) is 0.536. The molecule has 3 heterocycles. The molecule has 2 aliphatic rings. The maximum absolute atomic E-state index is 13.8. The molecule has 2 aliphatic heterocycles. The molecule has 1 aromatic heterocycles. The molecule has 0 bridgehead atoms. The smallest absolute Gasteiger partial charge is 0.464 e. The Morgan fingerprint density at radius 1 is 1.29 bits per heavy atom. The summed E-state index contributed by atoms with van der Waals surface area (Å²) in [7, 11) is -1.88. The summed E-state index contributed by atoms with van der Waals surface area (Å²) in [5, 5.41) is 32.8. The van der Waals surface area contributed by atoms with Crippen LogP contribution in [-0.4, -0.2) is 88.1 Å². The Balaban J connectivity index is 1.40. The maximum atomic E-state index is 13.8. The third kappa shape index (κ3) is 6.89. The molecule has 2 saturated heterocycles. The van der Waals surface area contributed by atoms with Crippen molar-refractivity contribution < 1.29 is 37.6 Å². The molecule has 2 atom stereocenters. The molecule has 2 fully saturated rings. The summed E-state index contributed by atoms with van der Waals surface area (Å²) < 4.78 is 38.5. The quantitative estimate of drug-likeness (QED) is 0.237. The molecule has 0 unspecified atom stereocenters. The van der Waals surface area contributed by atoms with Crippen LogP contribution in [0.5, 0.6) is 0 Å². The van der Waals surface area contributed by atoms with E-state index in [0.29, 0.717) is 30.5 Å². The van der Waals surface area contributed by atoms with E-state index in [1.807, 2.05) is 24.3 Å². The van der Waals surface area contributed by atoms with Gasteiger partial charge in [0.05, 0.1) is 24.3 Å². The zero-order valence-corrected chi connectivity index (χ0v) is 23.4. The normalized spacial score (nSPS) is 22.0. The highest BCUT2D eigenvalue weighted by atomic mass is 19.3. The molecule has 10 nitrogen and oxygen atoms in total. The van der Waals surface area contributed by atoms with Crippen LogP contribution in [-0.2, 0) is 16.0 Å². The fourth-order valence-corrected chi connectivity index (χ4v) is 5.55. The van der Waals surface area contributed by atoms with E-state index in [-0.39, 0.29) is 31.6 Å². The standard InChI is InChI=1S/C28H35BF2N4O6/c1-26(2,34-12-10-28(30,31)17-34)14-20(15-32)24(36)35-11-6-9-27(35,3)18-41-25(37)33-23(29(38)39)13-19-16-40-22-8-5-4-7-21(19)22/h4-5,7-8,14,16,23,38-39H,6,9-13,17-18H2,1-3H3,(H,33,37)/t23-,27+/m0/s1. The molecule has 0 saturated carbocycles. The van der Waals surface area contributed by atoms with E-state index >= 15 is 0 Å². The van der Waals surface area contributed by atoms with Crippen molar-refractivity contribution in [1.82, 2.24) is 15.1 Å². The third-order valence-electron chi connectivity index (χ3n) is 8.01. The van der Waals surface area contributed by atoms with Gasteiger partial charge in [-0.05, 0) is 57.7 Å². The van der Waals surface area contributed by atoms with Gasteiger partial charge >= 0.3 is 13.2 Å². The third-order valence-corrected chi connectivity index (χ3v) is 8.01. The molecule has 3 N–H and O–H groups in total. The average molecular weight is 572 g/mol. The summed E-state index contributed by atoms with van der Waals surface area (Å²) >= 11 is 0. The van der Waals surface area contributed by atoms with Crippen molar-refractivity contribution in [2.45, 2.75) is 69.4 Å². The SMILES string of the molecule is CC(C)(C=C(C#N)C(=O)N1CCC[C@]1(C)COC(=O)N[C@@H](Cc1coc2ccccc12)B(O)O)N1CCC(F)(F)C1. The minimum atomic E-state index is -2.81. The highest BCUT2D eigenvalue weighted by Crippen LogP contribution is 2.34. The predicted octanol–water partition coefficient (Wildman–Crippen LogP) is 3.03. The number of alkyl carbamates (subject to hydrolysis) is 1. The number of benzene rings is 1. The van der Waals surface area contributed by atoms with E-state index in [1.54, 1.807) is 31.7 Å². The minimum Gasteiger partial charge on any atom is -0.464 e. The van der Waals surface area contributed by atoms with Crippen LogP contribution in [0.2, 0.25) is 0 Å². The number of likely N-dealkylation sites (tertiary alicyclic amines) is 2. The van der Waals surface area contributed by atoms with Crippen molar-refractivity contribution in [2.24, 2.45) is 0 Å². The number of nitriles is 1. The lowest BCUT2D eigenvalue weighted by Crippen LogP contribution is -2.52. The number of amides is 2. The van der Waals surface area contributed by atoms with Crippen LogP contribution < -0.4 is 5.32 Å². The van der Waals surface area contributed by atoms with Crippen molar-refractivity contribution in [2.75, 3.05) is 26.2 Å². The second-order valence-corrected chi connectivity index (χ2v) is 11.6. The zero-order chi connectivity index (χ0) is 30.0. The molecule has 4 rings (SSSR count). The minimum absolute atomic E-state index is 0.0702. The number of hydrogen-bond donors (Lipinski definition) is 3. The van der Waals surface area contributed by atoms with Crippen molar-refractivity contribution >= 4 is 30.1 Å². The second kappa shape index (κ2) is 11.8. The molecule has 0 radical (unpaired) electrons. The molecule has 2 amide bonds. The Morgan fingerprint density at radius 3 is 2.68 bits per heavy atom. The number of furan rings is 1. The Kier molecular flexibility index (Phi) is 8.77. The number of nitrogens with one attached hydrogen (secondary N) is 1. The number of ether oxygens (including phenoxy) is 1. The number of nitrogens with zero attached hydrogens (tertiary/aromatic N) is 3. The van der Waals surface area contributed by atoms with E-state index in [4.69, 9.17) is 9.15 Å². The van der Waals surface area contributed by atoms with Crippen LogP contribution in [0, 0.1) is 11.3 Å². The molecule has 0 aliphatic carbocycles. The van der Waals surface area contributed by atoms with Gasteiger partial charge in [-0.15, -0.1) is 0 Å². The number of carbonyl (C=O) groups excluding carboxylic acids is 2. The van der Waals surface area contributed by atoms with Crippen LogP contribution in [0.4, 0.5) is 13.6 Å².